The highest BCUT2D eigenvalue weighted by Gasteiger charge is 2.21. The van der Waals surface area contributed by atoms with Crippen LogP contribution in [0.5, 0.6) is 0 Å². The molecular weight excluding hydrogens is 285 g/mol. The first-order valence-electron chi connectivity index (χ1n) is 5.96. The maximum absolute atomic E-state index is 11.7. The molecule has 0 heterocycles. The first kappa shape index (κ1) is 16.0. The van der Waals surface area contributed by atoms with Gasteiger partial charge in [-0.25, -0.2) is 0 Å². The molecule has 0 radical (unpaired) electrons. The normalized spacial score (nSPS) is 14.4. The lowest BCUT2D eigenvalue weighted by molar-refractivity contribution is -0.118. The molecule has 3 nitrogen and oxygen atoms in total. The standard InChI is InChI=1S/C14H17Cl2NO2/c1-3-14(2,9-18)17-13(19)7-5-10-4-6-11(15)12(16)8-10/h4-8,18H,3,9H2,1-2H3,(H,17,19). The summed E-state index contributed by atoms with van der Waals surface area (Å²) in [6.45, 7) is 3.59. The maximum Gasteiger partial charge on any atom is 0.244 e. The Balaban J connectivity index is 2.71. The lowest BCUT2D eigenvalue weighted by Crippen LogP contribution is -2.47. The summed E-state index contributed by atoms with van der Waals surface area (Å²) in [7, 11) is 0. The highest BCUT2D eigenvalue weighted by Crippen LogP contribution is 2.23. The third kappa shape index (κ3) is 4.86. The lowest BCUT2D eigenvalue weighted by atomic mass is 10.0. The zero-order valence-corrected chi connectivity index (χ0v) is 12.4. The van der Waals surface area contributed by atoms with Gasteiger partial charge in [-0.2, -0.15) is 0 Å². The van der Waals surface area contributed by atoms with Gasteiger partial charge in [-0.1, -0.05) is 36.2 Å². The molecule has 1 rings (SSSR count). The molecule has 0 aromatic heterocycles. The minimum atomic E-state index is -0.598. The van der Waals surface area contributed by atoms with Crippen LogP contribution < -0.4 is 5.32 Å². The van der Waals surface area contributed by atoms with Crippen LogP contribution in [0.2, 0.25) is 10.0 Å². The van der Waals surface area contributed by atoms with Gasteiger partial charge in [0.15, 0.2) is 0 Å². The van der Waals surface area contributed by atoms with Crippen LogP contribution in [0.1, 0.15) is 25.8 Å². The molecule has 0 bridgehead atoms. The molecule has 1 aromatic rings. The second kappa shape index (κ2) is 6.94. The summed E-state index contributed by atoms with van der Waals surface area (Å²) in [5.74, 6) is -0.260. The summed E-state index contributed by atoms with van der Waals surface area (Å²) in [4.78, 5) is 11.7. The Bertz CT molecular complexity index is 482. The van der Waals surface area contributed by atoms with Crippen molar-refractivity contribution in [1.29, 1.82) is 0 Å². The van der Waals surface area contributed by atoms with Crippen molar-refractivity contribution in [3.8, 4) is 0 Å². The quantitative estimate of drug-likeness (QED) is 0.820. The summed E-state index contributed by atoms with van der Waals surface area (Å²) < 4.78 is 0. The lowest BCUT2D eigenvalue weighted by Gasteiger charge is -2.26. The van der Waals surface area contributed by atoms with Crippen molar-refractivity contribution in [3.05, 3.63) is 39.9 Å². The minimum Gasteiger partial charge on any atom is -0.394 e. The number of carbonyl (C=O) groups is 1. The molecule has 104 valence electrons. The molecule has 0 saturated heterocycles. The summed E-state index contributed by atoms with van der Waals surface area (Å²) in [5.41, 5.74) is 0.186. The molecule has 1 unspecified atom stereocenters. The molecule has 1 amide bonds. The smallest absolute Gasteiger partial charge is 0.244 e. The third-order valence-corrected chi connectivity index (χ3v) is 3.66. The Morgan fingerprint density at radius 2 is 2.11 bits per heavy atom. The fourth-order valence-electron chi connectivity index (χ4n) is 1.37. The number of aliphatic hydroxyl groups excluding tert-OH is 1. The summed E-state index contributed by atoms with van der Waals surface area (Å²) in [6, 6.07) is 5.12. The van der Waals surface area contributed by atoms with Crippen LogP contribution >= 0.6 is 23.2 Å². The molecule has 0 aliphatic rings. The van der Waals surface area contributed by atoms with Gasteiger partial charge in [0.25, 0.3) is 0 Å². The SMILES string of the molecule is CCC(C)(CO)NC(=O)C=Cc1ccc(Cl)c(Cl)c1. The highest BCUT2D eigenvalue weighted by atomic mass is 35.5. The summed E-state index contributed by atoms with van der Waals surface area (Å²) in [6.07, 6.45) is 3.70. The average Bonchev–Trinajstić information content (AvgIpc) is 2.40. The van der Waals surface area contributed by atoms with E-state index in [1.807, 2.05) is 6.92 Å². The van der Waals surface area contributed by atoms with Gasteiger partial charge in [0, 0.05) is 6.08 Å². The van der Waals surface area contributed by atoms with Gasteiger partial charge >= 0.3 is 0 Å². The number of halogens is 2. The molecule has 2 N–H and O–H groups in total. The van der Waals surface area contributed by atoms with E-state index < -0.39 is 5.54 Å². The van der Waals surface area contributed by atoms with Gasteiger partial charge in [0.05, 0.1) is 22.2 Å². The van der Waals surface area contributed by atoms with Crippen LogP contribution in [0.3, 0.4) is 0 Å². The van der Waals surface area contributed by atoms with E-state index in [2.05, 4.69) is 5.32 Å². The predicted octanol–water partition coefficient (Wildman–Crippen LogP) is 3.28. The Hall–Kier alpha value is -1.03. The van der Waals surface area contributed by atoms with Crippen molar-refractivity contribution in [3.63, 3.8) is 0 Å². The van der Waals surface area contributed by atoms with Crippen LogP contribution in [0, 0.1) is 0 Å². The first-order valence-corrected chi connectivity index (χ1v) is 6.72. The van der Waals surface area contributed by atoms with Gasteiger partial charge in [-0.15, -0.1) is 0 Å². The van der Waals surface area contributed by atoms with Crippen molar-refractivity contribution in [2.45, 2.75) is 25.8 Å². The van der Waals surface area contributed by atoms with Crippen molar-refractivity contribution in [2.75, 3.05) is 6.61 Å². The largest absolute Gasteiger partial charge is 0.394 e. The Kier molecular flexibility index (Phi) is 5.85. The number of aliphatic hydroxyl groups is 1. The van der Waals surface area contributed by atoms with E-state index in [4.69, 9.17) is 23.2 Å². The third-order valence-electron chi connectivity index (χ3n) is 2.93. The number of hydrogen-bond acceptors (Lipinski definition) is 2. The van der Waals surface area contributed by atoms with E-state index in [1.165, 1.54) is 6.08 Å². The Labute approximate surface area is 123 Å². The molecular formula is C14H17Cl2NO2. The van der Waals surface area contributed by atoms with Crippen LogP contribution in [0.15, 0.2) is 24.3 Å². The Morgan fingerprint density at radius 3 is 2.63 bits per heavy atom. The molecule has 0 aliphatic carbocycles. The van der Waals surface area contributed by atoms with Crippen LogP contribution in [0.25, 0.3) is 6.08 Å². The van der Waals surface area contributed by atoms with E-state index in [-0.39, 0.29) is 12.5 Å². The van der Waals surface area contributed by atoms with E-state index in [0.717, 1.165) is 5.56 Å². The molecule has 0 saturated carbocycles. The Morgan fingerprint density at radius 1 is 1.42 bits per heavy atom. The van der Waals surface area contributed by atoms with E-state index >= 15 is 0 Å². The van der Waals surface area contributed by atoms with E-state index in [1.54, 1.807) is 31.2 Å². The van der Waals surface area contributed by atoms with Crippen molar-refractivity contribution < 1.29 is 9.90 Å². The van der Waals surface area contributed by atoms with Gasteiger partial charge in [0.2, 0.25) is 5.91 Å². The van der Waals surface area contributed by atoms with Crippen molar-refractivity contribution in [2.24, 2.45) is 0 Å². The van der Waals surface area contributed by atoms with Gasteiger partial charge in [-0.3, -0.25) is 4.79 Å². The zero-order valence-electron chi connectivity index (χ0n) is 10.9. The average molecular weight is 302 g/mol. The van der Waals surface area contributed by atoms with Crippen LogP contribution in [0.4, 0.5) is 0 Å². The monoisotopic (exact) mass is 301 g/mol. The molecule has 0 fully saturated rings. The summed E-state index contributed by atoms with van der Waals surface area (Å²) >= 11 is 11.7. The van der Waals surface area contributed by atoms with Crippen LogP contribution in [-0.4, -0.2) is 23.2 Å². The second-order valence-corrected chi connectivity index (χ2v) is 5.38. The van der Waals surface area contributed by atoms with Gasteiger partial charge in [-0.05, 0) is 37.1 Å². The molecule has 0 aliphatic heterocycles. The fourth-order valence-corrected chi connectivity index (χ4v) is 1.67. The maximum atomic E-state index is 11.7. The first-order chi connectivity index (χ1) is 8.90. The molecule has 0 spiro atoms. The van der Waals surface area contributed by atoms with Crippen molar-refractivity contribution in [1.82, 2.24) is 5.32 Å². The van der Waals surface area contributed by atoms with E-state index in [0.29, 0.717) is 16.5 Å². The van der Waals surface area contributed by atoms with Crippen LogP contribution in [-0.2, 0) is 4.79 Å². The topological polar surface area (TPSA) is 49.3 Å². The van der Waals surface area contributed by atoms with Gasteiger partial charge in [0.1, 0.15) is 0 Å². The molecule has 1 aromatic carbocycles. The highest BCUT2D eigenvalue weighted by molar-refractivity contribution is 6.42. The number of amides is 1. The number of carbonyl (C=O) groups excluding carboxylic acids is 1. The number of hydrogen-bond donors (Lipinski definition) is 2. The molecule has 1 atom stereocenters. The molecule has 5 heteroatoms. The van der Waals surface area contributed by atoms with Crippen molar-refractivity contribution >= 4 is 35.2 Å². The minimum absolute atomic E-state index is 0.101. The summed E-state index contributed by atoms with van der Waals surface area (Å²) in [5, 5.41) is 12.9. The number of nitrogens with one attached hydrogen (secondary N) is 1. The van der Waals surface area contributed by atoms with E-state index in [9.17, 15) is 9.90 Å². The number of rotatable bonds is 5. The molecule has 19 heavy (non-hydrogen) atoms. The number of benzene rings is 1. The zero-order chi connectivity index (χ0) is 14.5. The second-order valence-electron chi connectivity index (χ2n) is 4.57. The predicted molar refractivity (Wildman–Crippen MR) is 79.4 cm³/mol. The fraction of sp³-hybridized carbons (Fsp3) is 0.357. The van der Waals surface area contributed by atoms with Gasteiger partial charge < -0.3 is 10.4 Å².